The largest absolute Gasteiger partial charge is 0.385 e. The zero-order valence-corrected chi connectivity index (χ0v) is 16.7. The van der Waals surface area contributed by atoms with Gasteiger partial charge in [-0.25, -0.2) is 0 Å². The molecule has 0 atom stereocenters. The Morgan fingerprint density at radius 2 is 2.03 bits per heavy atom. The summed E-state index contributed by atoms with van der Waals surface area (Å²) in [5.41, 5.74) is 3.08. The summed E-state index contributed by atoms with van der Waals surface area (Å²) in [6.45, 7) is 4.94. The maximum Gasteiger partial charge on any atom is 0.249 e. The van der Waals surface area contributed by atoms with Crippen LogP contribution < -0.4 is 5.32 Å². The molecular formula is C20H23N7O2. The number of anilines is 1. The van der Waals surface area contributed by atoms with Crippen LogP contribution in [-0.2, 0) is 22.6 Å². The monoisotopic (exact) mass is 393 g/mol. The highest BCUT2D eigenvalue weighted by atomic mass is 16.5. The predicted molar refractivity (Wildman–Crippen MR) is 107 cm³/mol. The van der Waals surface area contributed by atoms with Crippen LogP contribution in [0.25, 0.3) is 11.4 Å². The molecule has 3 rings (SSSR count). The molecule has 0 aliphatic carbocycles. The minimum atomic E-state index is -0.330. The first kappa shape index (κ1) is 20.2. The Balaban J connectivity index is 1.76. The van der Waals surface area contributed by atoms with E-state index in [1.165, 1.54) is 4.80 Å². The molecule has 0 fully saturated rings. The normalized spacial score (nSPS) is 10.7. The highest BCUT2D eigenvalue weighted by molar-refractivity contribution is 5.91. The van der Waals surface area contributed by atoms with Crippen molar-refractivity contribution < 1.29 is 9.53 Å². The van der Waals surface area contributed by atoms with E-state index in [1.54, 1.807) is 7.11 Å². The minimum absolute atomic E-state index is 0.105. The Bertz CT molecular complexity index is 1030. The molecule has 0 spiro atoms. The van der Waals surface area contributed by atoms with Crippen LogP contribution in [0.5, 0.6) is 0 Å². The predicted octanol–water partition coefficient (Wildman–Crippen LogP) is 2.31. The zero-order valence-electron chi connectivity index (χ0n) is 16.7. The molecule has 0 radical (unpaired) electrons. The smallest absolute Gasteiger partial charge is 0.249 e. The van der Waals surface area contributed by atoms with Crippen molar-refractivity contribution in [1.82, 2.24) is 24.8 Å². The van der Waals surface area contributed by atoms with E-state index < -0.39 is 0 Å². The highest BCUT2D eigenvalue weighted by Crippen LogP contribution is 2.26. The summed E-state index contributed by atoms with van der Waals surface area (Å²) in [4.78, 5) is 13.8. The summed E-state index contributed by atoms with van der Waals surface area (Å²) < 4.78 is 7.05. The van der Waals surface area contributed by atoms with Gasteiger partial charge in [0.25, 0.3) is 0 Å². The SMILES string of the molecule is COCCCn1c(C)c(C)c(C#N)c1NC(=O)Cn1nnc(-c2ccccc2)n1. The summed E-state index contributed by atoms with van der Waals surface area (Å²) in [7, 11) is 1.64. The van der Waals surface area contributed by atoms with E-state index in [9.17, 15) is 10.1 Å². The highest BCUT2D eigenvalue weighted by Gasteiger charge is 2.20. The standard InChI is InChI=1S/C20H23N7O2/c1-14-15(2)26(10-7-11-29-3)20(17(14)12-21)22-18(28)13-27-24-19(23-25-27)16-8-5-4-6-9-16/h4-6,8-9H,7,10-11,13H2,1-3H3,(H,22,28). The quantitative estimate of drug-likeness (QED) is 0.588. The Hall–Kier alpha value is -3.51. The minimum Gasteiger partial charge on any atom is -0.385 e. The third kappa shape index (κ3) is 4.50. The van der Waals surface area contributed by atoms with Crippen LogP contribution in [-0.4, -0.2) is 44.4 Å². The van der Waals surface area contributed by atoms with Crippen molar-refractivity contribution in [1.29, 1.82) is 5.26 Å². The molecule has 0 saturated carbocycles. The maximum atomic E-state index is 12.6. The average molecular weight is 393 g/mol. The van der Waals surface area contributed by atoms with E-state index in [0.717, 1.165) is 23.2 Å². The van der Waals surface area contributed by atoms with Gasteiger partial charge in [0.15, 0.2) is 0 Å². The lowest BCUT2D eigenvalue weighted by atomic mass is 10.2. The average Bonchev–Trinajstić information content (AvgIpc) is 3.27. The number of ether oxygens (including phenoxy) is 1. The molecule has 1 aromatic carbocycles. The number of rotatable bonds is 8. The number of nitriles is 1. The topological polar surface area (TPSA) is 111 Å². The first-order valence-corrected chi connectivity index (χ1v) is 9.27. The molecule has 1 amide bonds. The van der Waals surface area contributed by atoms with Crippen molar-refractivity contribution in [3.05, 3.63) is 47.2 Å². The Labute approximate surface area is 168 Å². The third-order valence-corrected chi connectivity index (χ3v) is 4.70. The van der Waals surface area contributed by atoms with Gasteiger partial charge in [-0.05, 0) is 31.0 Å². The van der Waals surface area contributed by atoms with E-state index in [-0.39, 0.29) is 12.5 Å². The van der Waals surface area contributed by atoms with Gasteiger partial charge >= 0.3 is 0 Å². The van der Waals surface area contributed by atoms with Crippen LogP contribution in [0.1, 0.15) is 23.2 Å². The number of amides is 1. The molecule has 0 saturated heterocycles. The second-order valence-electron chi connectivity index (χ2n) is 6.60. The van der Waals surface area contributed by atoms with E-state index in [1.807, 2.05) is 48.7 Å². The van der Waals surface area contributed by atoms with Crippen LogP contribution in [0, 0.1) is 25.2 Å². The molecule has 29 heavy (non-hydrogen) atoms. The molecule has 0 unspecified atom stereocenters. The van der Waals surface area contributed by atoms with Gasteiger partial charge in [0.2, 0.25) is 11.7 Å². The summed E-state index contributed by atoms with van der Waals surface area (Å²) in [6.07, 6.45) is 0.768. The summed E-state index contributed by atoms with van der Waals surface area (Å²) in [5, 5.41) is 24.6. The second-order valence-corrected chi connectivity index (χ2v) is 6.60. The molecule has 150 valence electrons. The molecule has 0 bridgehead atoms. The van der Waals surface area contributed by atoms with Crippen molar-refractivity contribution in [2.75, 3.05) is 19.0 Å². The van der Waals surface area contributed by atoms with Crippen LogP contribution in [0.15, 0.2) is 30.3 Å². The van der Waals surface area contributed by atoms with Gasteiger partial charge in [0.05, 0.1) is 5.56 Å². The van der Waals surface area contributed by atoms with Crippen LogP contribution in [0.2, 0.25) is 0 Å². The fraction of sp³-hybridized carbons (Fsp3) is 0.350. The number of carbonyl (C=O) groups is 1. The molecule has 1 N–H and O–H groups in total. The first-order chi connectivity index (χ1) is 14.0. The van der Waals surface area contributed by atoms with E-state index in [4.69, 9.17) is 4.74 Å². The Morgan fingerprint density at radius 1 is 1.28 bits per heavy atom. The molecule has 0 aliphatic rings. The number of benzene rings is 1. The number of hydrogen-bond acceptors (Lipinski definition) is 6. The first-order valence-electron chi connectivity index (χ1n) is 9.27. The Morgan fingerprint density at radius 3 is 2.72 bits per heavy atom. The van der Waals surface area contributed by atoms with Crippen LogP contribution in [0.4, 0.5) is 5.82 Å². The lowest BCUT2D eigenvalue weighted by Crippen LogP contribution is -2.23. The van der Waals surface area contributed by atoms with Crippen molar-refractivity contribution >= 4 is 11.7 Å². The fourth-order valence-electron chi connectivity index (χ4n) is 3.09. The lowest BCUT2D eigenvalue weighted by Gasteiger charge is -2.12. The number of nitrogens with zero attached hydrogens (tertiary/aromatic N) is 6. The van der Waals surface area contributed by atoms with Gasteiger partial charge in [-0.15, -0.1) is 10.2 Å². The fourth-order valence-corrected chi connectivity index (χ4v) is 3.09. The summed E-state index contributed by atoms with van der Waals surface area (Å²) >= 11 is 0. The number of methoxy groups -OCH3 is 1. The molecular weight excluding hydrogens is 370 g/mol. The molecule has 9 heteroatoms. The molecule has 2 aromatic heterocycles. The van der Waals surface area contributed by atoms with Crippen molar-refractivity contribution in [3.63, 3.8) is 0 Å². The lowest BCUT2D eigenvalue weighted by molar-refractivity contribution is -0.117. The van der Waals surface area contributed by atoms with Gasteiger partial charge in [0.1, 0.15) is 18.4 Å². The maximum absolute atomic E-state index is 12.6. The van der Waals surface area contributed by atoms with Crippen LogP contribution in [0.3, 0.4) is 0 Å². The number of hydrogen-bond donors (Lipinski definition) is 1. The number of carbonyl (C=O) groups excluding carboxylic acids is 1. The molecule has 0 aliphatic heterocycles. The molecule has 3 aromatic rings. The van der Waals surface area contributed by atoms with Crippen molar-refractivity contribution in [3.8, 4) is 17.5 Å². The van der Waals surface area contributed by atoms with E-state index in [2.05, 4.69) is 26.8 Å². The van der Waals surface area contributed by atoms with Gasteiger partial charge in [-0.1, -0.05) is 30.3 Å². The summed E-state index contributed by atoms with van der Waals surface area (Å²) in [5.74, 6) is 0.613. The van der Waals surface area contributed by atoms with Gasteiger partial charge in [-0.3, -0.25) is 4.79 Å². The number of aromatic nitrogens is 5. The summed E-state index contributed by atoms with van der Waals surface area (Å²) in [6, 6.07) is 11.6. The third-order valence-electron chi connectivity index (χ3n) is 4.70. The Kier molecular flexibility index (Phi) is 6.36. The molecule has 2 heterocycles. The number of tetrazole rings is 1. The molecule has 9 nitrogen and oxygen atoms in total. The van der Waals surface area contributed by atoms with Gasteiger partial charge in [-0.2, -0.15) is 10.1 Å². The van der Waals surface area contributed by atoms with Crippen molar-refractivity contribution in [2.45, 2.75) is 33.4 Å². The number of nitrogens with one attached hydrogen (secondary N) is 1. The van der Waals surface area contributed by atoms with E-state index in [0.29, 0.717) is 30.4 Å². The van der Waals surface area contributed by atoms with E-state index >= 15 is 0 Å². The second kappa shape index (κ2) is 9.12. The van der Waals surface area contributed by atoms with Crippen molar-refractivity contribution in [2.24, 2.45) is 0 Å². The van der Waals surface area contributed by atoms with Gasteiger partial charge < -0.3 is 14.6 Å². The zero-order chi connectivity index (χ0) is 20.8. The van der Waals surface area contributed by atoms with Gasteiger partial charge in [0, 0.05) is 31.5 Å². The van der Waals surface area contributed by atoms with Crippen LogP contribution >= 0.6 is 0 Å².